The Labute approximate surface area is 127 Å². The molecular weight excluding hydrogens is 319 g/mol. The topological polar surface area (TPSA) is 17.1 Å². The van der Waals surface area contributed by atoms with E-state index < -0.39 is 0 Å². The summed E-state index contributed by atoms with van der Waals surface area (Å²) in [6.45, 7) is 5.92. The summed E-state index contributed by atoms with van der Waals surface area (Å²) in [5.74, 6) is -0.247. The number of halogens is 2. The molecule has 0 atom stereocenters. The molecule has 1 nitrogen and oxygen atoms in total. The van der Waals surface area contributed by atoms with Crippen molar-refractivity contribution in [3.8, 4) is 0 Å². The molecule has 0 aliphatic heterocycles. The van der Waals surface area contributed by atoms with E-state index >= 15 is 0 Å². The quantitative estimate of drug-likeness (QED) is 0.726. The molecule has 0 heterocycles. The van der Waals surface area contributed by atoms with E-state index in [1.807, 2.05) is 32.9 Å². The second-order valence-electron chi connectivity index (χ2n) is 5.11. The van der Waals surface area contributed by atoms with Crippen LogP contribution in [-0.4, -0.2) is 5.78 Å². The molecule has 0 amide bonds. The number of aryl methyl sites for hydroxylation is 3. The van der Waals surface area contributed by atoms with Crippen LogP contribution >= 0.6 is 15.9 Å². The van der Waals surface area contributed by atoms with Crippen LogP contribution in [0.1, 0.15) is 32.6 Å². The lowest BCUT2D eigenvalue weighted by Gasteiger charge is -2.11. The fraction of sp³-hybridized carbons (Fsp3) is 0.235. The first-order valence-corrected chi connectivity index (χ1v) is 7.22. The molecule has 2 rings (SSSR count). The number of carbonyl (C=O) groups is 1. The van der Waals surface area contributed by atoms with E-state index in [1.54, 1.807) is 6.07 Å². The van der Waals surface area contributed by atoms with E-state index in [-0.39, 0.29) is 18.0 Å². The lowest BCUT2D eigenvalue weighted by Crippen LogP contribution is -2.09. The minimum Gasteiger partial charge on any atom is -0.294 e. The van der Waals surface area contributed by atoms with Gasteiger partial charge in [-0.2, -0.15) is 0 Å². The van der Waals surface area contributed by atoms with E-state index in [2.05, 4.69) is 15.9 Å². The Hall–Kier alpha value is -1.48. The summed E-state index contributed by atoms with van der Waals surface area (Å²) >= 11 is 3.30. The van der Waals surface area contributed by atoms with Gasteiger partial charge < -0.3 is 0 Å². The smallest absolute Gasteiger partial charge is 0.167 e. The van der Waals surface area contributed by atoms with Crippen molar-refractivity contribution in [2.24, 2.45) is 0 Å². The third kappa shape index (κ3) is 3.15. The molecule has 0 aromatic heterocycles. The minimum absolute atomic E-state index is 0.0623. The minimum atomic E-state index is -0.309. The lowest BCUT2D eigenvalue weighted by molar-refractivity contribution is 0.0991. The standard InChI is InChI=1S/C17H16BrFO/c1-10-6-11(2)17(12(3)7-10)16(20)8-13-4-5-14(19)9-15(13)18/h4-7,9H,8H2,1-3H3. The maximum atomic E-state index is 13.1. The molecule has 0 radical (unpaired) electrons. The van der Waals surface area contributed by atoms with Gasteiger partial charge in [-0.15, -0.1) is 0 Å². The highest BCUT2D eigenvalue weighted by atomic mass is 79.9. The molecule has 104 valence electrons. The van der Waals surface area contributed by atoms with Crippen molar-refractivity contribution in [1.82, 2.24) is 0 Å². The SMILES string of the molecule is Cc1cc(C)c(C(=O)Cc2ccc(F)cc2Br)c(C)c1. The Morgan fingerprint density at radius 2 is 1.70 bits per heavy atom. The van der Waals surface area contributed by atoms with Crippen molar-refractivity contribution in [2.75, 3.05) is 0 Å². The van der Waals surface area contributed by atoms with Gasteiger partial charge in [0.2, 0.25) is 0 Å². The summed E-state index contributed by atoms with van der Waals surface area (Å²) in [6.07, 6.45) is 0.269. The fourth-order valence-corrected chi connectivity index (χ4v) is 3.04. The Bertz CT molecular complexity index is 654. The van der Waals surface area contributed by atoms with Crippen LogP contribution in [-0.2, 0) is 6.42 Å². The average molecular weight is 335 g/mol. The van der Waals surface area contributed by atoms with Crippen molar-refractivity contribution in [3.05, 3.63) is 68.4 Å². The molecule has 3 heteroatoms. The number of hydrogen-bond acceptors (Lipinski definition) is 1. The molecule has 0 unspecified atom stereocenters. The van der Waals surface area contributed by atoms with Crippen LogP contribution in [0.25, 0.3) is 0 Å². The molecule has 2 aromatic rings. The summed E-state index contributed by atoms with van der Waals surface area (Å²) in [5.41, 5.74) is 4.71. The fourth-order valence-electron chi connectivity index (χ4n) is 2.55. The zero-order chi connectivity index (χ0) is 14.9. The number of hydrogen-bond donors (Lipinski definition) is 0. The maximum Gasteiger partial charge on any atom is 0.167 e. The van der Waals surface area contributed by atoms with Gasteiger partial charge in [-0.1, -0.05) is 39.7 Å². The van der Waals surface area contributed by atoms with E-state index in [1.165, 1.54) is 12.1 Å². The molecule has 0 spiro atoms. The van der Waals surface area contributed by atoms with Gasteiger partial charge in [0.25, 0.3) is 0 Å². The zero-order valence-electron chi connectivity index (χ0n) is 11.8. The number of Topliss-reactive ketones (excluding diaryl/α,β-unsaturated/α-hetero) is 1. The van der Waals surface area contributed by atoms with Gasteiger partial charge >= 0.3 is 0 Å². The van der Waals surface area contributed by atoms with Crippen LogP contribution in [0.2, 0.25) is 0 Å². The van der Waals surface area contributed by atoms with Gasteiger partial charge in [0.15, 0.2) is 5.78 Å². The Morgan fingerprint density at radius 3 is 2.25 bits per heavy atom. The molecule has 0 fully saturated rings. The van der Waals surface area contributed by atoms with Gasteiger partial charge in [0, 0.05) is 16.5 Å². The highest BCUT2D eigenvalue weighted by Crippen LogP contribution is 2.23. The lowest BCUT2D eigenvalue weighted by atomic mass is 9.93. The number of benzene rings is 2. The third-order valence-corrected chi connectivity index (χ3v) is 4.06. The maximum absolute atomic E-state index is 13.1. The van der Waals surface area contributed by atoms with Gasteiger partial charge in [0.05, 0.1) is 0 Å². The van der Waals surface area contributed by atoms with E-state index in [0.717, 1.165) is 27.8 Å². The van der Waals surface area contributed by atoms with Gasteiger partial charge in [-0.05, 0) is 49.6 Å². The summed E-state index contributed by atoms with van der Waals surface area (Å²) in [6, 6.07) is 8.44. The third-order valence-electron chi connectivity index (χ3n) is 3.32. The van der Waals surface area contributed by atoms with Crippen molar-refractivity contribution in [3.63, 3.8) is 0 Å². The normalized spacial score (nSPS) is 10.7. The molecule has 0 N–H and O–H groups in total. The van der Waals surface area contributed by atoms with E-state index in [0.29, 0.717) is 4.47 Å². The van der Waals surface area contributed by atoms with Crippen LogP contribution in [0.3, 0.4) is 0 Å². The molecule has 2 aromatic carbocycles. The molecule has 0 aliphatic carbocycles. The monoisotopic (exact) mass is 334 g/mol. The first-order chi connectivity index (χ1) is 9.38. The van der Waals surface area contributed by atoms with Crippen molar-refractivity contribution >= 4 is 21.7 Å². The first-order valence-electron chi connectivity index (χ1n) is 6.43. The molecule has 0 saturated carbocycles. The summed E-state index contributed by atoms with van der Waals surface area (Å²) in [7, 11) is 0. The van der Waals surface area contributed by atoms with Gasteiger partial charge in [0.1, 0.15) is 5.82 Å². The molecule has 0 aliphatic rings. The van der Waals surface area contributed by atoms with Gasteiger partial charge in [-0.25, -0.2) is 4.39 Å². The Balaban J connectivity index is 2.33. The predicted octanol–water partition coefficient (Wildman–Crippen LogP) is 4.94. The molecular formula is C17H16BrFO. The largest absolute Gasteiger partial charge is 0.294 e. The van der Waals surface area contributed by atoms with Crippen LogP contribution < -0.4 is 0 Å². The molecule has 20 heavy (non-hydrogen) atoms. The highest BCUT2D eigenvalue weighted by Gasteiger charge is 2.15. The summed E-state index contributed by atoms with van der Waals surface area (Å²) in [5, 5.41) is 0. The zero-order valence-corrected chi connectivity index (χ0v) is 13.3. The van der Waals surface area contributed by atoms with Crippen molar-refractivity contribution in [2.45, 2.75) is 27.2 Å². The first kappa shape index (κ1) is 14.9. The Kier molecular flexibility index (Phi) is 4.39. The van der Waals surface area contributed by atoms with E-state index in [4.69, 9.17) is 0 Å². The van der Waals surface area contributed by atoms with Crippen molar-refractivity contribution < 1.29 is 9.18 Å². The number of rotatable bonds is 3. The van der Waals surface area contributed by atoms with E-state index in [9.17, 15) is 9.18 Å². The predicted molar refractivity (Wildman–Crippen MR) is 82.8 cm³/mol. The van der Waals surface area contributed by atoms with Crippen LogP contribution in [0.4, 0.5) is 4.39 Å². The second kappa shape index (κ2) is 5.88. The number of carbonyl (C=O) groups excluding carboxylic acids is 1. The highest BCUT2D eigenvalue weighted by molar-refractivity contribution is 9.10. The van der Waals surface area contributed by atoms with Crippen LogP contribution in [0, 0.1) is 26.6 Å². The Morgan fingerprint density at radius 1 is 1.10 bits per heavy atom. The van der Waals surface area contributed by atoms with Crippen molar-refractivity contribution in [1.29, 1.82) is 0 Å². The number of ketones is 1. The summed E-state index contributed by atoms with van der Waals surface area (Å²) < 4.78 is 13.7. The van der Waals surface area contributed by atoms with Crippen LogP contribution in [0.5, 0.6) is 0 Å². The van der Waals surface area contributed by atoms with Crippen LogP contribution in [0.15, 0.2) is 34.8 Å². The summed E-state index contributed by atoms with van der Waals surface area (Å²) in [4.78, 5) is 12.5. The van der Waals surface area contributed by atoms with Gasteiger partial charge in [-0.3, -0.25) is 4.79 Å². The second-order valence-corrected chi connectivity index (χ2v) is 5.96. The average Bonchev–Trinajstić information content (AvgIpc) is 2.31. The molecule has 0 saturated heterocycles. The molecule has 0 bridgehead atoms.